The first-order valence-corrected chi connectivity index (χ1v) is 12.6. The SMILES string of the molecule is C=CCCCCC1(O)CC2CCCC(C1)N2C(=O)OCC1c2ccccc2-c2ccccc21. The Morgan fingerprint density at radius 1 is 1.03 bits per heavy atom. The summed E-state index contributed by atoms with van der Waals surface area (Å²) < 4.78 is 5.99. The van der Waals surface area contributed by atoms with Crippen LogP contribution >= 0.6 is 0 Å². The minimum atomic E-state index is -0.656. The Hall–Kier alpha value is -2.59. The van der Waals surface area contributed by atoms with Crippen molar-refractivity contribution < 1.29 is 14.6 Å². The van der Waals surface area contributed by atoms with Crippen molar-refractivity contribution >= 4 is 6.09 Å². The molecule has 1 amide bonds. The Morgan fingerprint density at radius 2 is 1.64 bits per heavy atom. The van der Waals surface area contributed by atoms with Crippen molar-refractivity contribution in [2.75, 3.05) is 6.61 Å². The van der Waals surface area contributed by atoms with E-state index in [0.29, 0.717) is 19.4 Å². The number of amides is 1. The molecule has 2 aliphatic heterocycles. The van der Waals surface area contributed by atoms with Gasteiger partial charge in [-0.3, -0.25) is 0 Å². The van der Waals surface area contributed by atoms with Crippen LogP contribution in [0.15, 0.2) is 61.2 Å². The van der Waals surface area contributed by atoms with E-state index in [2.05, 4.69) is 55.1 Å². The summed E-state index contributed by atoms with van der Waals surface area (Å²) in [6.07, 6.45) is 9.98. The van der Waals surface area contributed by atoms with E-state index in [1.807, 2.05) is 11.0 Å². The van der Waals surface area contributed by atoms with E-state index >= 15 is 0 Å². The predicted octanol–water partition coefficient (Wildman–Crippen LogP) is 6.43. The molecule has 0 radical (unpaired) electrons. The smallest absolute Gasteiger partial charge is 0.410 e. The second-order valence-corrected chi connectivity index (χ2v) is 10.1. The summed E-state index contributed by atoms with van der Waals surface area (Å²) in [5.74, 6) is 0.0766. The van der Waals surface area contributed by atoms with E-state index in [0.717, 1.165) is 44.9 Å². The van der Waals surface area contributed by atoms with Gasteiger partial charge in [-0.15, -0.1) is 6.58 Å². The van der Waals surface area contributed by atoms with Gasteiger partial charge >= 0.3 is 6.09 Å². The van der Waals surface area contributed by atoms with Crippen molar-refractivity contribution in [2.45, 2.75) is 81.4 Å². The predicted molar refractivity (Wildman–Crippen MR) is 131 cm³/mol. The molecule has 3 aliphatic rings. The number of rotatable bonds is 7. The molecule has 33 heavy (non-hydrogen) atoms. The van der Waals surface area contributed by atoms with E-state index in [4.69, 9.17) is 4.74 Å². The standard InChI is InChI=1S/C29H35NO3/c1-2-3-4-9-17-29(32)18-21-11-10-12-22(19-29)30(21)28(31)33-20-27-25-15-7-5-13-23(25)24-14-6-8-16-26(24)27/h2,5-8,13-16,21-22,27,32H,1,3-4,9-12,17-20H2. The van der Waals surface area contributed by atoms with Gasteiger partial charge in [0.05, 0.1) is 5.60 Å². The number of unbranched alkanes of at least 4 members (excludes halogenated alkanes) is 2. The van der Waals surface area contributed by atoms with Crippen LogP contribution in [-0.2, 0) is 4.74 Å². The molecule has 0 aromatic heterocycles. The van der Waals surface area contributed by atoms with Gasteiger partial charge in [0.2, 0.25) is 0 Å². The van der Waals surface area contributed by atoms with E-state index in [1.54, 1.807) is 0 Å². The molecule has 4 nitrogen and oxygen atoms in total. The zero-order chi connectivity index (χ0) is 22.8. The largest absolute Gasteiger partial charge is 0.448 e. The molecule has 0 spiro atoms. The highest BCUT2D eigenvalue weighted by Crippen LogP contribution is 2.45. The third kappa shape index (κ3) is 4.33. The highest BCUT2D eigenvalue weighted by Gasteiger charge is 2.47. The first-order valence-electron chi connectivity index (χ1n) is 12.6. The lowest BCUT2D eigenvalue weighted by Gasteiger charge is -2.51. The van der Waals surface area contributed by atoms with Gasteiger partial charge in [-0.2, -0.15) is 0 Å². The van der Waals surface area contributed by atoms with Crippen molar-refractivity contribution in [1.82, 2.24) is 4.90 Å². The van der Waals surface area contributed by atoms with Crippen LogP contribution in [-0.4, -0.2) is 40.4 Å². The van der Waals surface area contributed by atoms with Crippen molar-refractivity contribution in [3.63, 3.8) is 0 Å². The molecule has 174 valence electrons. The first kappa shape index (κ1) is 22.2. The van der Waals surface area contributed by atoms with Crippen LogP contribution in [0.4, 0.5) is 4.79 Å². The van der Waals surface area contributed by atoms with Crippen LogP contribution in [0.25, 0.3) is 11.1 Å². The normalized spacial score (nSPS) is 25.9. The maximum absolute atomic E-state index is 13.3. The summed E-state index contributed by atoms with van der Waals surface area (Å²) in [6.45, 7) is 4.14. The van der Waals surface area contributed by atoms with Gasteiger partial charge in [-0.1, -0.05) is 61.0 Å². The van der Waals surface area contributed by atoms with Gasteiger partial charge in [-0.05, 0) is 73.6 Å². The second kappa shape index (κ2) is 9.34. The molecule has 1 aliphatic carbocycles. The van der Waals surface area contributed by atoms with Crippen LogP contribution in [0.3, 0.4) is 0 Å². The average Bonchev–Trinajstić information content (AvgIpc) is 3.14. The minimum absolute atomic E-state index is 0.0766. The lowest BCUT2D eigenvalue weighted by molar-refractivity contribution is -0.0893. The molecule has 4 heteroatoms. The quantitative estimate of drug-likeness (QED) is 0.395. The molecular formula is C29H35NO3. The summed E-state index contributed by atoms with van der Waals surface area (Å²) in [4.78, 5) is 15.3. The van der Waals surface area contributed by atoms with Crippen LogP contribution in [0.1, 0.15) is 74.8 Å². The van der Waals surface area contributed by atoms with Crippen molar-refractivity contribution in [1.29, 1.82) is 0 Å². The van der Waals surface area contributed by atoms with Gasteiger partial charge in [0.1, 0.15) is 6.61 Å². The average molecular weight is 446 g/mol. The number of hydrogen-bond donors (Lipinski definition) is 1. The molecule has 0 saturated carbocycles. The highest BCUT2D eigenvalue weighted by atomic mass is 16.6. The fourth-order valence-electron chi connectivity index (χ4n) is 6.44. The third-order valence-corrected chi connectivity index (χ3v) is 7.94. The Balaban J connectivity index is 1.26. The van der Waals surface area contributed by atoms with Gasteiger partial charge in [0.15, 0.2) is 0 Å². The molecule has 1 N–H and O–H groups in total. The molecule has 2 heterocycles. The lowest BCUT2D eigenvalue weighted by Crippen LogP contribution is -2.60. The van der Waals surface area contributed by atoms with Gasteiger partial charge in [0, 0.05) is 18.0 Å². The van der Waals surface area contributed by atoms with Crippen molar-refractivity contribution in [2.24, 2.45) is 0 Å². The van der Waals surface area contributed by atoms with E-state index in [-0.39, 0.29) is 24.1 Å². The number of carbonyl (C=O) groups excluding carboxylic acids is 1. The van der Waals surface area contributed by atoms with Gasteiger partial charge in [0.25, 0.3) is 0 Å². The maximum Gasteiger partial charge on any atom is 0.410 e. The summed E-state index contributed by atoms with van der Waals surface area (Å²) in [7, 11) is 0. The molecule has 5 rings (SSSR count). The van der Waals surface area contributed by atoms with Crippen LogP contribution in [0.2, 0.25) is 0 Å². The zero-order valence-corrected chi connectivity index (χ0v) is 19.4. The number of nitrogens with zero attached hydrogens (tertiary/aromatic N) is 1. The third-order valence-electron chi connectivity index (χ3n) is 7.94. The molecule has 2 aromatic carbocycles. The Morgan fingerprint density at radius 3 is 2.24 bits per heavy atom. The number of piperidine rings is 2. The van der Waals surface area contributed by atoms with Crippen LogP contribution < -0.4 is 0 Å². The van der Waals surface area contributed by atoms with Gasteiger partial charge < -0.3 is 14.7 Å². The number of allylic oxidation sites excluding steroid dienone is 1. The van der Waals surface area contributed by atoms with Crippen molar-refractivity contribution in [3.05, 3.63) is 72.3 Å². The van der Waals surface area contributed by atoms with Crippen LogP contribution in [0, 0.1) is 0 Å². The topological polar surface area (TPSA) is 49.8 Å². The monoisotopic (exact) mass is 445 g/mol. The Labute approximate surface area is 197 Å². The number of hydrogen-bond acceptors (Lipinski definition) is 3. The number of benzene rings is 2. The molecular weight excluding hydrogens is 410 g/mol. The molecule has 2 atom stereocenters. The summed E-state index contributed by atoms with van der Waals surface area (Å²) >= 11 is 0. The number of fused-ring (bicyclic) bond motifs is 5. The summed E-state index contributed by atoms with van der Waals surface area (Å²) in [6, 6.07) is 17.0. The fraction of sp³-hybridized carbons (Fsp3) is 0.483. The molecule has 2 aromatic rings. The number of aliphatic hydroxyl groups is 1. The zero-order valence-electron chi connectivity index (χ0n) is 19.4. The van der Waals surface area contributed by atoms with Gasteiger partial charge in [-0.25, -0.2) is 4.79 Å². The van der Waals surface area contributed by atoms with Crippen LogP contribution in [0.5, 0.6) is 0 Å². The molecule has 2 unspecified atom stereocenters. The summed E-state index contributed by atoms with van der Waals surface area (Å²) in [5, 5.41) is 11.3. The molecule has 2 fully saturated rings. The summed E-state index contributed by atoms with van der Waals surface area (Å²) in [5.41, 5.74) is 4.30. The molecule has 2 saturated heterocycles. The first-order chi connectivity index (χ1) is 16.1. The molecule has 2 bridgehead atoms. The minimum Gasteiger partial charge on any atom is -0.448 e. The second-order valence-electron chi connectivity index (χ2n) is 10.1. The highest BCUT2D eigenvalue weighted by molar-refractivity contribution is 5.79. The fourth-order valence-corrected chi connectivity index (χ4v) is 6.44. The van der Waals surface area contributed by atoms with Crippen molar-refractivity contribution in [3.8, 4) is 11.1 Å². The Kier molecular flexibility index (Phi) is 6.29. The number of carbonyl (C=O) groups is 1. The maximum atomic E-state index is 13.3. The lowest BCUT2D eigenvalue weighted by atomic mass is 9.73. The Bertz CT molecular complexity index is 956. The van der Waals surface area contributed by atoms with E-state index in [1.165, 1.54) is 22.3 Å². The van der Waals surface area contributed by atoms with E-state index < -0.39 is 5.60 Å². The number of ether oxygens (including phenoxy) is 1. The van der Waals surface area contributed by atoms with E-state index in [9.17, 15) is 9.90 Å².